The molecule has 5 atom stereocenters. The van der Waals surface area contributed by atoms with Crippen LogP contribution >= 0.6 is 0 Å². The van der Waals surface area contributed by atoms with Crippen molar-refractivity contribution in [3.63, 3.8) is 0 Å². The minimum Gasteiger partial charge on any atom is -0.496 e. The second kappa shape index (κ2) is 35.0. The van der Waals surface area contributed by atoms with E-state index in [2.05, 4.69) is 86.0 Å². The number of likely N-dealkylation sites (tertiary alicyclic amines) is 1. The van der Waals surface area contributed by atoms with Crippen LogP contribution in [0.4, 0.5) is 11.4 Å². The number of nitrogens with one attached hydrogen (secondary N) is 5. The summed E-state index contributed by atoms with van der Waals surface area (Å²) in [6, 6.07) is 36.6. The number of aryl methyl sites for hydroxylation is 2. The molecule has 29 nitrogen and oxygen atoms in total. The predicted octanol–water partition coefficient (Wildman–Crippen LogP) is 10.3. The standard InChI is InChI=1S/C97H116N12O17/c1-57-43-69(44-58(2)74(57)53-99)126-90-92(3,4)88(93(90,5)6)103-82(112)59-13-18-62(19-14-59)105-35-31-96(32-36-105)55-108(40-41-121-96)65-47-71(48-65)124-67-24-26-73(79(51-67)120-12)85(115)101-76-28-30-81(111)109(87(76)117)54-95(9)89(94(7,8)91(95)125-68-22-17-61(52-98)77(49-68)118-10)104-83(113)60-15-20-63(21-16-60)106-37-33-97(34-38-106)56-107(39-42-122-97)64-45-70(46-64)123-66-23-25-72(78(50-66)119-11)84(114)100-75-27-29-80(110)102-86(75)116/h13-26,43-44,49-51,64-65,70-71,75-76,88-91H,27-42,45-48,54-56H2,1-12H3,(H,100,114)(H,101,115)(H,103,112)(H,104,113)(H,102,110,116)/t64-,65-,70-,71-,75-,76-,88-,89+,90-,91+,95?/m0/s1. The van der Waals surface area contributed by atoms with Gasteiger partial charge in [-0.3, -0.25) is 58.4 Å². The summed E-state index contributed by atoms with van der Waals surface area (Å²) in [5.41, 5.74) is 2.96. The summed E-state index contributed by atoms with van der Waals surface area (Å²) in [4.78, 5) is 120. The number of piperidine rings is 4. The van der Waals surface area contributed by atoms with Gasteiger partial charge in [-0.25, -0.2) is 0 Å². The first-order valence-corrected chi connectivity index (χ1v) is 44.2. The van der Waals surface area contributed by atoms with E-state index in [9.17, 15) is 48.9 Å². The summed E-state index contributed by atoms with van der Waals surface area (Å²) >= 11 is 0. The molecule has 0 bridgehead atoms. The number of carbonyl (C=O) groups is 8. The first-order chi connectivity index (χ1) is 60.2. The van der Waals surface area contributed by atoms with Crippen molar-refractivity contribution < 1.29 is 81.0 Å². The largest absolute Gasteiger partial charge is 0.496 e. The number of hydrogen-bond donors (Lipinski definition) is 5. The van der Waals surface area contributed by atoms with Gasteiger partial charge < -0.3 is 73.7 Å². The lowest BCUT2D eigenvalue weighted by Crippen LogP contribution is -2.78. The Morgan fingerprint density at radius 2 is 0.937 bits per heavy atom. The molecule has 4 aliphatic carbocycles. The molecule has 8 amide bonds. The van der Waals surface area contributed by atoms with Crippen LogP contribution in [-0.4, -0.2) is 227 Å². The normalized spacial score (nSPS) is 27.0. The van der Waals surface area contributed by atoms with Crippen LogP contribution in [0.25, 0.3) is 0 Å². The number of benzene rings is 6. The summed E-state index contributed by atoms with van der Waals surface area (Å²) in [5.74, 6) is -0.381. The summed E-state index contributed by atoms with van der Waals surface area (Å²) in [5, 5.41) is 34.0. The van der Waals surface area contributed by atoms with E-state index >= 15 is 0 Å². The van der Waals surface area contributed by atoms with E-state index in [0.29, 0.717) is 76.3 Å². The Morgan fingerprint density at radius 3 is 1.41 bits per heavy atom. The van der Waals surface area contributed by atoms with Gasteiger partial charge in [0, 0.05) is 184 Å². The van der Waals surface area contributed by atoms with Gasteiger partial charge in [0.25, 0.3) is 29.5 Å². The van der Waals surface area contributed by atoms with Crippen molar-refractivity contribution in [1.29, 1.82) is 10.5 Å². The van der Waals surface area contributed by atoms with Crippen molar-refractivity contribution in [3.8, 4) is 52.4 Å². The smallest absolute Gasteiger partial charge is 0.255 e. The number of anilines is 2. The quantitative estimate of drug-likeness (QED) is 0.0333. The second-order valence-corrected chi connectivity index (χ2v) is 38.2. The van der Waals surface area contributed by atoms with Crippen molar-refractivity contribution in [3.05, 3.63) is 160 Å². The van der Waals surface area contributed by atoms with Gasteiger partial charge in [0.1, 0.15) is 82.8 Å². The van der Waals surface area contributed by atoms with Crippen LogP contribution < -0.4 is 69.5 Å². The summed E-state index contributed by atoms with van der Waals surface area (Å²) in [7, 11) is 4.41. The number of imide groups is 2. The monoisotopic (exact) mass is 1720 g/mol. The molecule has 6 aromatic rings. The number of amides is 8. The van der Waals surface area contributed by atoms with E-state index < -0.39 is 64.6 Å². The molecule has 0 radical (unpaired) electrons. The number of rotatable bonds is 25. The molecule has 1 unspecified atom stereocenters. The highest BCUT2D eigenvalue weighted by Crippen LogP contribution is 2.58. The van der Waals surface area contributed by atoms with Gasteiger partial charge in [0.2, 0.25) is 17.7 Å². The molecule has 6 aromatic carbocycles. The fourth-order valence-corrected chi connectivity index (χ4v) is 22.1. The highest BCUT2D eigenvalue weighted by molar-refractivity contribution is 6.06. The Labute approximate surface area is 736 Å². The average molecular weight is 1720 g/mol. The number of carbonyl (C=O) groups excluding carboxylic acids is 8. The number of methoxy groups -OCH3 is 3. The molecule has 6 saturated heterocycles. The van der Waals surface area contributed by atoms with Crippen molar-refractivity contribution >= 4 is 58.6 Å². The highest BCUT2D eigenvalue weighted by atomic mass is 16.5. The van der Waals surface area contributed by atoms with Crippen LogP contribution in [0, 0.1) is 58.2 Å². The number of ether oxygens (including phenoxy) is 9. The van der Waals surface area contributed by atoms with Gasteiger partial charge in [-0.2, -0.15) is 10.5 Å². The molecular formula is C97H116N12O17. The molecular weight excluding hydrogens is 1610 g/mol. The summed E-state index contributed by atoms with van der Waals surface area (Å²) in [6.07, 6.45) is 6.01. The first-order valence-electron chi connectivity index (χ1n) is 44.2. The highest BCUT2D eigenvalue weighted by Gasteiger charge is 2.68. The van der Waals surface area contributed by atoms with E-state index in [1.807, 2.05) is 95.3 Å². The van der Waals surface area contributed by atoms with E-state index in [4.69, 9.17) is 42.6 Å². The predicted molar refractivity (Wildman–Crippen MR) is 467 cm³/mol. The van der Waals surface area contributed by atoms with Gasteiger partial charge in [0.15, 0.2) is 0 Å². The van der Waals surface area contributed by atoms with Crippen molar-refractivity contribution in [1.82, 2.24) is 41.3 Å². The van der Waals surface area contributed by atoms with Gasteiger partial charge in [-0.05, 0) is 161 Å². The maximum atomic E-state index is 14.9. The van der Waals surface area contributed by atoms with E-state index in [1.165, 1.54) is 26.2 Å². The fraction of sp³-hybridized carbons (Fsp3) is 0.526. The molecule has 29 heteroatoms. The van der Waals surface area contributed by atoms with Crippen molar-refractivity contribution in [2.75, 3.05) is 103 Å². The molecule has 4 saturated carbocycles. The SMILES string of the molecule is COc1cc(O[C@@H]2C(C)(C)[C@@H](NC(=O)c3ccc(N4CCC5(CC4)CN([C@H]4C[C@H](Oc6ccc(C(=O)N[C@H]7CCC(=O)NC7=O)c(OC)c6)C4)CCO5)cc3)C2(C)CN2C(=O)CC[C@H](NC(=O)c3ccc(O[C@H]4C[C@H](N5CCOC6(CCN(c7ccc(C(=O)N[C@H]8C(C)(C)[C@H](Oc9cc(C)c(C#N)c(C)c9)C8(C)C)cc7)CC6)C5)C4)cc3OC)C2=O)ccc1C#N. The van der Waals surface area contributed by atoms with Crippen LogP contribution in [-0.2, 0) is 28.7 Å². The van der Waals surface area contributed by atoms with Crippen LogP contribution in [0.5, 0.6) is 40.2 Å². The summed E-state index contributed by atoms with van der Waals surface area (Å²) < 4.78 is 56.6. The molecule has 5 N–H and O–H groups in total. The Hall–Kier alpha value is -11.5. The van der Waals surface area contributed by atoms with Crippen LogP contribution in [0.1, 0.15) is 189 Å². The maximum absolute atomic E-state index is 14.9. The van der Waals surface area contributed by atoms with Crippen molar-refractivity contribution in [2.45, 2.75) is 211 Å². The zero-order valence-corrected chi connectivity index (χ0v) is 74.1. The zero-order chi connectivity index (χ0) is 89.1. The Morgan fingerprint density at radius 1 is 0.492 bits per heavy atom. The molecule has 126 heavy (non-hydrogen) atoms. The topological polar surface area (TPSA) is 344 Å². The van der Waals surface area contributed by atoms with E-state index in [-0.39, 0.29) is 113 Å². The third-order valence-corrected chi connectivity index (χ3v) is 28.9. The molecule has 0 aromatic heterocycles. The van der Waals surface area contributed by atoms with Crippen molar-refractivity contribution in [2.24, 2.45) is 21.7 Å². The van der Waals surface area contributed by atoms with E-state index in [1.54, 1.807) is 54.6 Å². The lowest BCUT2D eigenvalue weighted by atomic mass is 9.48. The molecule has 666 valence electrons. The molecule has 2 spiro atoms. The summed E-state index contributed by atoms with van der Waals surface area (Å²) in [6.45, 7) is 25.6. The van der Waals surface area contributed by atoms with Gasteiger partial charge in [-0.15, -0.1) is 0 Å². The van der Waals surface area contributed by atoms with Crippen LogP contribution in [0.15, 0.2) is 115 Å². The van der Waals surface area contributed by atoms with Gasteiger partial charge >= 0.3 is 0 Å². The van der Waals surface area contributed by atoms with Gasteiger partial charge in [-0.1, -0.05) is 48.5 Å². The molecule has 6 heterocycles. The molecule has 10 fully saturated rings. The number of nitrogens with zero attached hydrogens (tertiary/aromatic N) is 7. The third-order valence-electron chi connectivity index (χ3n) is 28.9. The Kier molecular flexibility index (Phi) is 24.5. The van der Waals surface area contributed by atoms with Crippen LogP contribution in [0.2, 0.25) is 0 Å². The van der Waals surface area contributed by atoms with Crippen LogP contribution in [0.3, 0.4) is 0 Å². The minimum atomic E-state index is -1.12. The third kappa shape index (κ3) is 17.3. The molecule has 6 aliphatic heterocycles. The maximum Gasteiger partial charge on any atom is 0.255 e. The molecule has 16 rings (SSSR count). The Bertz CT molecular complexity index is 5250. The number of hydrogen-bond acceptors (Lipinski definition) is 23. The lowest BCUT2D eigenvalue weighted by molar-refractivity contribution is -0.189. The van der Waals surface area contributed by atoms with Gasteiger partial charge in [0.05, 0.1) is 74.1 Å². The number of nitriles is 2. The lowest BCUT2D eigenvalue weighted by Gasteiger charge is -2.65. The first kappa shape index (κ1) is 88.0. The molecule has 10 aliphatic rings. The average Bonchev–Trinajstić information content (AvgIpc) is 0.689. The van der Waals surface area contributed by atoms with E-state index in [0.717, 1.165) is 132 Å². The Balaban J connectivity index is 0.497. The number of morpholine rings is 2. The minimum absolute atomic E-state index is 0.0306. The second-order valence-electron chi connectivity index (χ2n) is 38.2. The zero-order valence-electron chi connectivity index (χ0n) is 74.1. The fourth-order valence-electron chi connectivity index (χ4n) is 22.1.